The van der Waals surface area contributed by atoms with Crippen molar-refractivity contribution in [3.63, 3.8) is 0 Å². The Bertz CT molecular complexity index is 1200. The van der Waals surface area contributed by atoms with Crippen molar-refractivity contribution in [1.82, 2.24) is 21.2 Å². The number of hydrogen-bond acceptors (Lipinski definition) is 7. The first-order valence-corrected chi connectivity index (χ1v) is 11.9. The summed E-state index contributed by atoms with van der Waals surface area (Å²) in [6.07, 6.45) is 0.149. The lowest BCUT2D eigenvalue weighted by Gasteiger charge is -2.25. The van der Waals surface area contributed by atoms with Crippen LogP contribution in [0.5, 0.6) is 0 Å². The van der Waals surface area contributed by atoms with Crippen LogP contribution in [0.25, 0.3) is 10.8 Å². The minimum absolute atomic E-state index is 0.149. The fraction of sp³-hybridized carbons (Fsp3) is 0.333. The van der Waals surface area contributed by atoms with Crippen LogP contribution in [0, 0.1) is 6.92 Å². The second kappa shape index (κ2) is 10.6. The van der Waals surface area contributed by atoms with E-state index in [0.29, 0.717) is 23.8 Å². The highest BCUT2D eigenvalue weighted by atomic mass is 32.1. The number of thiazole rings is 1. The molecular formula is C24H27N5O4S. The SMILES string of the molecule is Cc1nc(N2CCOCC2)sc1C(=O)NNC(=O)[C@H](C)NC(=O)Cc1cccc2ccccc12. The van der Waals surface area contributed by atoms with Gasteiger partial charge in [-0.3, -0.25) is 25.2 Å². The fourth-order valence-electron chi connectivity index (χ4n) is 3.74. The van der Waals surface area contributed by atoms with E-state index in [9.17, 15) is 14.4 Å². The Labute approximate surface area is 201 Å². The van der Waals surface area contributed by atoms with E-state index in [1.165, 1.54) is 11.3 Å². The zero-order chi connectivity index (χ0) is 24.1. The largest absolute Gasteiger partial charge is 0.378 e. The summed E-state index contributed by atoms with van der Waals surface area (Å²) in [4.78, 5) is 44.5. The summed E-state index contributed by atoms with van der Waals surface area (Å²) in [5.74, 6) is -1.24. The molecule has 2 aromatic carbocycles. The van der Waals surface area contributed by atoms with Crippen molar-refractivity contribution in [3.8, 4) is 0 Å². The van der Waals surface area contributed by atoms with Gasteiger partial charge < -0.3 is 15.0 Å². The van der Waals surface area contributed by atoms with Crippen LogP contribution in [-0.2, 0) is 20.7 Å². The number of nitrogens with zero attached hydrogens (tertiary/aromatic N) is 2. The Hall–Kier alpha value is -3.50. The summed E-state index contributed by atoms with van der Waals surface area (Å²) in [6.45, 7) is 6.02. The molecule has 0 radical (unpaired) electrons. The second-order valence-electron chi connectivity index (χ2n) is 8.06. The van der Waals surface area contributed by atoms with E-state index in [1.807, 2.05) is 42.5 Å². The number of hydrazine groups is 1. The highest BCUT2D eigenvalue weighted by molar-refractivity contribution is 7.17. The molecule has 1 aromatic heterocycles. The van der Waals surface area contributed by atoms with Crippen molar-refractivity contribution in [3.05, 3.63) is 58.6 Å². The number of anilines is 1. The number of aromatic nitrogens is 1. The van der Waals surface area contributed by atoms with Crippen LogP contribution in [0.3, 0.4) is 0 Å². The van der Waals surface area contributed by atoms with Crippen molar-refractivity contribution in [2.75, 3.05) is 31.2 Å². The fourth-order valence-corrected chi connectivity index (χ4v) is 4.76. The molecule has 3 amide bonds. The smallest absolute Gasteiger partial charge is 0.281 e. The van der Waals surface area contributed by atoms with Gasteiger partial charge in [0, 0.05) is 13.1 Å². The van der Waals surface area contributed by atoms with Gasteiger partial charge in [0.2, 0.25) is 5.91 Å². The minimum atomic E-state index is -0.825. The monoisotopic (exact) mass is 481 g/mol. The molecular weight excluding hydrogens is 454 g/mol. The Morgan fingerprint density at radius 2 is 1.82 bits per heavy atom. The molecule has 34 heavy (non-hydrogen) atoms. The number of nitrogens with one attached hydrogen (secondary N) is 3. The molecule has 3 N–H and O–H groups in total. The van der Waals surface area contributed by atoms with Crippen LogP contribution in [-0.4, -0.2) is 55.1 Å². The Kier molecular flexibility index (Phi) is 7.39. The van der Waals surface area contributed by atoms with Crippen LogP contribution in [0.15, 0.2) is 42.5 Å². The van der Waals surface area contributed by atoms with Gasteiger partial charge in [-0.1, -0.05) is 53.8 Å². The number of carbonyl (C=O) groups excluding carboxylic acids is 3. The standard InChI is InChI=1S/C24H27N5O4S/c1-15-21(34-24(26-15)29-10-12-33-13-11-29)23(32)28-27-22(31)16(2)25-20(30)14-18-8-5-7-17-6-3-4-9-19(17)18/h3-9,16H,10-14H2,1-2H3,(H,25,30)(H,27,31)(H,28,32)/t16-/m0/s1. The van der Waals surface area contributed by atoms with E-state index in [0.717, 1.165) is 34.6 Å². The molecule has 178 valence electrons. The number of aryl methyl sites for hydroxylation is 1. The number of hydrogen-bond donors (Lipinski definition) is 3. The predicted molar refractivity (Wildman–Crippen MR) is 131 cm³/mol. The zero-order valence-corrected chi connectivity index (χ0v) is 19.9. The van der Waals surface area contributed by atoms with E-state index in [2.05, 4.69) is 26.1 Å². The van der Waals surface area contributed by atoms with Crippen LogP contribution >= 0.6 is 11.3 Å². The third-order valence-electron chi connectivity index (χ3n) is 5.57. The molecule has 0 unspecified atom stereocenters. The number of benzene rings is 2. The van der Waals surface area contributed by atoms with Gasteiger partial charge in [-0.25, -0.2) is 4.98 Å². The van der Waals surface area contributed by atoms with Crippen LogP contribution < -0.4 is 21.1 Å². The molecule has 2 heterocycles. The van der Waals surface area contributed by atoms with Gasteiger partial charge in [-0.2, -0.15) is 0 Å². The zero-order valence-electron chi connectivity index (χ0n) is 19.1. The van der Waals surface area contributed by atoms with Crippen LogP contribution in [0.2, 0.25) is 0 Å². The van der Waals surface area contributed by atoms with Gasteiger partial charge in [-0.15, -0.1) is 0 Å². The molecule has 1 saturated heterocycles. The van der Waals surface area contributed by atoms with E-state index in [1.54, 1.807) is 13.8 Å². The van der Waals surface area contributed by atoms with Gasteiger partial charge >= 0.3 is 0 Å². The number of carbonyl (C=O) groups is 3. The number of fused-ring (bicyclic) bond motifs is 1. The van der Waals surface area contributed by atoms with Crippen molar-refractivity contribution < 1.29 is 19.1 Å². The van der Waals surface area contributed by atoms with Crippen molar-refractivity contribution in [2.45, 2.75) is 26.3 Å². The quantitative estimate of drug-likeness (QED) is 0.464. The van der Waals surface area contributed by atoms with Gasteiger partial charge in [0.1, 0.15) is 10.9 Å². The summed E-state index contributed by atoms with van der Waals surface area (Å²) in [5.41, 5.74) is 6.28. The van der Waals surface area contributed by atoms with Crippen molar-refractivity contribution >= 4 is 45.0 Å². The molecule has 0 saturated carbocycles. The summed E-state index contributed by atoms with van der Waals surface area (Å²) in [6, 6.07) is 12.8. The predicted octanol–water partition coefficient (Wildman–Crippen LogP) is 1.95. The number of rotatable bonds is 6. The topological polar surface area (TPSA) is 113 Å². The molecule has 1 atom stereocenters. The molecule has 10 heteroatoms. The summed E-state index contributed by atoms with van der Waals surface area (Å²) in [7, 11) is 0. The molecule has 0 bridgehead atoms. The molecule has 9 nitrogen and oxygen atoms in total. The first-order valence-electron chi connectivity index (χ1n) is 11.1. The van der Waals surface area contributed by atoms with Gasteiger partial charge in [0.15, 0.2) is 5.13 Å². The summed E-state index contributed by atoms with van der Waals surface area (Å²) in [5, 5.41) is 5.49. The molecule has 0 spiro atoms. The van der Waals surface area contributed by atoms with Gasteiger partial charge in [0.05, 0.1) is 25.3 Å². The molecule has 4 rings (SSSR count). The molecule has 1 aliphatic rings. The molecule has 1 fully saturated rings. The summed E-state index contributed by atoms with van der Waals surface area (Å²) >= 11 is 1.27. The Morgan fingerprint density at radius 1 is 1.09 bits per heavy atom. The average molecular weight is 482 g/mol. The molecule has 0 aliphatic carbocycles. The average Bonchev–Trinajstić information content (AvgIpc) is 3.24. The van der Waals surface area contributed by atoms with E-state index in [-0.39, 0.29) is 12.3 Å². The highest BCUT2D eigenvalue weighted by Gasteiger charge is 2.22. The van der Waals surface area contributed by atoms with Gasteiger partial charge in [0.25, 0.3) is 11.8 Å². The lowest BCUT2D eigenvalue weighted by atomic mass is 10.0. The maximum Gasteiger partial charge on any atom is 0.281 e. The first kappa shape index (κ1) is 23.7. The van der Waals surface area contributed by atoms with Crippen LogP contribution in [0.1, 0.15) is 27.9 Å². The third-order valence-corrected chi connectivity index (χ3v) is 6.79. The number of ether oxygens (including phenoxy) is 1. The third kappa shape index (κ3) is 5.52. The van der Waals surface area contributed by atoms with Gasteiger partial charge in [-0.05, 0) is 30.2 Å². The maximum absolute atomic E-state index is 12.6. The normalized spacial score (nSPS) is 14.5. The molecule has 1 aliphatic heterocycles. The van der Waals surface area contributed by atoms with Crippen molar-refractivity contribution in [2.24, 2.45) is 0 Å². The van der Waals surface area contributed by atoms with Crippen LogP contribution in [0.4, 0.5) is 5.13 Å². The summed E-state index contributed by atoms with van der Waals surface area (Å²) < 4.78 is 5.35. The Morgan fingerprint density at radius 3 is 2.62 bits per heavy atom. The van der Waals surface area contributed by atoms with E-state index >= 15 is 0 Å². The minimum Gasteiger partial charge on any atom is -0.378 e. The number of morpholine rings is 1. The maximum atomic E-state index is 12.6. The van der Waals surface area contributed by atoms with E-state index < -0.39 is 17.9 Å². The lowest BCUT2D eigenvalue weighted by molar-refractivity contribution is -0.128. The highest BCUT2D eigenvalue weighted by Crippen LogP contribution is 2.26. The second-order valence-corrected chi connectivity index (χ2v) is 9.04. The van der Waals surface area contributed by atoms with Crippen molar-refractivity contribution in [1.29, 1.82) is 0 Å². The Balaban J connectivity index is 1.29. The van der Waals surface area contributed by atoms with E-state index in [4.69, 9.17) is 4.74 Å². The number of amides is 3. The molecule has 3 aromatic rings. The first-order chi connectivity index (χ1) is 16.4. The lowest BCUT2D eigenvalue weighted by Crippen LogP contribution is -2.51.